The van der Waals surface area contributed by atoms with Crippen LogP contribution >= 0.6 is 11.6 Å². The van der Waals surface area contributed by atoms with Crippen LogP contribution in [0.3, 0.4) is 0 Å². The van der Waals surface area contributed by atoms with Crippen molar-refractivity contribution in [2.45, 2.75) is 6.92 Å². The SMILES string of the molecule is Cc1ccc(C(=O)n2cc(C=O)c3ccccc32)c(Cl)c1. The van der Waals surface area contributed by atoms with Gasteiger partial charge in [-0.05, 0) is 30.7 Å². The Morgan fingerprint density at radius 1 is 1.19 bits per heavy atom. The van der Waals surface area contributed by atoms with Crippen molar-refractivity contribution in [2.75, 3.05) is 0 Å². The number of aromatic nitrogens is 1. The van der Waals surface area contributed by atoms with Crippen LogP contribution in [0.4, 0.5) is 0 Å². The summed E-state index contributed by atoms with van der Waals surface area (Å²) in [6.07, 6.45) is 2.30. The third-order valence-corrected chi connectivity index (χ3v) is 3.76. The molecule has 3 aromatic rings. The zero-order valence-electron chi connectivity index (χ0n) is 11.3. The van der Waals surface area contributed by atoms with Crippen molar-refractivity contribution in [3.05, 3.63) is 70.4 Å². The molecule has 0 aliphatic carbocycles. The molecule has 0 amide bonds. The minimum absolute atomic E-state index is 0.246. The smallest absolute Gasteiger partial charge is 0.263 e. The highest BCUT2D eigenvalue weighted by molar-refractivity contribution is 6.34. The normalized spacial score (nSPS) is 10.8. The lowest BCUT2D eigenvalue weighted by molar-refractivity contribution is 0.0965. The van der Waals surface area contributed by atoms with E-state index in [1.807, 2.05) is 37.3 Å². The molecule has 4 heteroatoms. The molecule has 3 nitrogen and oxygen atoms in total. The Morgan fingerprint density at radius 3 is 2.67 bits per heavy atom. The van der Waals surface area contributed by atoms with Gasteiger partial charge in [0, 0.05) is 17.1 Å². The summed E-state index contributed by atoms with van der Waals surface area (Å²) in [5, 5.41) is 1.16. The Balaban J connectivity index is 2.20. The predicted molar refractivity (Wildman–Crippen MR) is 83.2 cm³/mol. The molecular formula is C17H12ClNO2. The Morgan fingerprint density at radius 2 is 1.95 bits per heavy atom. The van der Waals surface area contributed by atoms with Gasteiger partial charge in [-0.25, -0.2) is 0 Å². The highest BCUT2D eigenvalue weighted by Crippen LogP contribution is 2.24. The summed E-state index contributed by atoms with van der Waals surface area (Å²) in [4.78, 5) is 23.8. The van der Waals surface area contributed by atoms with Crippen LogP contribution in [0.15, 0.2) is 48.7 Å². The quantitative estimate of drug-likeness (QED) is 0.668. The summed E-state index contributed by atoms with van der Waals surface area (Å²) < 4.78 is 1.47. The van der Waals surface area contributed by atoms with E-state index < -0.39 is 0 Å². The first-order valence-electron chi connectivity index (χ1n) is 6.48. The van der Waals surface area contributed by atoms with Gasteiger partial charge in [-0.3, -0.25) is 14.2 Å². The number of halogens is 1. The van der Waals surface area contributed by atoms with Crippen molar-refractivity contribution in [2.24, 2.45) is 0 Å². The minimum Gasteiger partial charge on any atom is -0.298 e. The summed E-state index contributed by atoms with van der Waals surface area (Å²) in [5.41, 5.74) is 2.59. The molecule has 0 fully saturated rings. The summed E-state index contributed by atoms with van der Waals surface area (Å²) in [6.45, 7) is 1.91. The second kappa shape index (κ2) is 5.19. The van der Waals surface area contributed by atoms with Crippen LogP contribution < -0.4 is 0 Å². The molecule has 0 radical (unpaired) electrons. The second-order valence-electron chi connectivity index (χ2n) is 4.88. The maximum Gasteiger partial charge on any atom is 0.263 e. The Labute approximate surface area is 126 Å². The highest BCUT2D eigenvalue weighted by Gasteiger charge is 2.17. The number of hydrogen-bond donors (Lipinski definition) is 0. The van der Waals surface area contributed by atoms with E-state index in [0.717, 1.165) is 17.2 Å². The molecule has 0 aliphatic rings. The van der Waals surface area contributed by atoms with Crippen molar-refractivity contribution in [1.29, 1.82) is 0 Å². The summed E-state index contributed by atoms with van der Waals surface area (Å²) in [5.74, 6) is -0.246. The van der Waals surface area contributed by atoms with E-state index >= 15 is 0 Å². The first-order valence-corrected chi connectivity index (χ1v) is 6.85. The Bertz CT molecular complexity index is 864. The third kappa shape index (κ3) is 2.26. The van der Waals surface area contributed by atoms with Crippen LogP contribution in [0.1, 0.15) is 26.3 Å². The van der Waals surface area contributed by atoms with Crippen LogP contribution in [0.2, 0.25) is 5.02 Å². The average Bonchev–Trinajstić information content (AvgIpc) is 2.85. The lowest BCUT2D eigenvalue weighted by Crippen LogP contribution is -2.11. The number of aldehydes is 1. The number of aryl methyl sites for hydroxylation is 1. The molecule has 0 unspecified atom stereocenters. The van der Waals surface area contributed by atoms with Gasteiger partial charge in [-0.15, -0.1) is 0 Å². The van der Waals surface area contributed by atoms with Gasteiger partial charge in [-0.1, -0.05) is 35.9 Å². The lowest BCUT2D eigenvalue weighted by Gasteiger charge is -2.06. The van der Waals surface area contributed by atoms with Crippen LogP contribution in [-0.2, 0) is 0 Å². The van der Waals surface area contributed by atoms with E-state index in [0.29, 0.717) is 21.7 Å². The molecule has 0 atom stereocenters. The van der Waals surface area contributed by atoms with Gasteiger partial charge in [0.05, 0.1) is 16.1 Å². The van der Waals surface area contributed by atoms with Gasteiger partial charge in [0.2, 0.25) is 0 Å². The van der Waals surface area contributed by atoms with E-state index in [1.165, 1.54) is 4.57 Å². The van der Waals surface area contributed by atoms with E-state index in [9.17, 15) is 9.59 Å². The Hall–Kier alpha value is -2.39. The van der Waals surface area contributed by atoms with E-state index in [2.05, 4.69) is 0 Å². The number of nitrogens with zero attached hydrogens (tertiary/aromatic N) is 1. The maximum absolute atomic E-state index is 12.7. The standard InChI is InChI=1S/C17H12ClNO2/c1-11-6-7-14(15(18)8-11)17(21)19-9-12(10-20)13-4-2-3-5-16(13)19/h2-10H,1H3. The number of hydrogen-bond acceptors (Lipinski definition) is 2. The van der Waals surface area contributed by atoms with Crippen molar-refractivity contribution in [3.63, 3.8) is 0 Å². The molecule has 3 rings (SSSR count). The van der Waals surface area contributed by atoms with Gasteiger partial charge >= 0.3 is 0 Å². The van der Waals surface area contributed by atoms with Gasteiger partial charge in [0.1, 0.15) is 0 Å². The highest BCUT2D eigenvalue weighted by atomic mass is 35.5. The Kier molecular flexibility index (Phi) is 3.35. The molecule has 0 aliphatic heterocycles. The monoisotopic (exact) mass is 297 g/mol. The summed E-state index contributed by atoms with van der Waals surface area (Å²) >= 11 is 6.16. The number of para-hydroxylation sites is 1. The number of carbonyl (C=O) groups is 2. The number of rotatable bonds is 2. The largest absolute Gasteiger partial charge is 0.298 e. The summed E-state index contributed by atoms with van der Waals surface area (Å²) in [6, 6.07) is 12.6. The van der Waals surface area contributed by atoms with Gasteiger partial charge < -0.3 is 0 Å². The molecule has 0 bridgehead atoms. The van der Waals surface area contributed by atoms with Crippen LogP contribution in [0.5, 0.6) is 0 Å². The van der Waals surface area contributed by atoms with E-state index in [1.54, 1.807) is 18.3 Å². The van der Waals surface area contributed by atoms with E-state index in [4.69, 9.17) is 11.6 Å². The molecule has 0 saturated heterocycles. The lowest BCUT2D eigenvalue weighted by atomic mass is 10.1. The first-order chi connectivity index (χ1) is 10.1. The van der Waals surface area contributed by atoms with E-state index in [-0.39, 0.29) is 5.91 Å². The fraction of sp³-hybridized carbons (Fsp3) is 0.0588. The van der Waals surface area contributed by atoms with Crippen LogP contribution in [0.25, 0.3) is 10.9 Å². The van der Waals surface area contributed by atoms with Crippen molar-refractivity contribution < 1.29 is 9.59 Å². The molecule has 104 valence electrons. The molecular weight excluding hydrogens is 286 g/mol. The van der Waals surface area contributed by atoms with Gasteiger partial charge in [0.15, 0.2) is 6.29 Å². The number of benzene rings is 2. The zero-order chi connectivity index (χ0) is 15.0. The minimum atomic E-state index is -0.246. The fourth-order valence-corrected chi connectivity index (χ4v) is 2.71. The van der Waals surface area contributed by atoms with Gasteiger partial charge in [-0.2, -0.15) is 0 Å². The summed E-state index contributed by atoms with van der Waals surface area (Å²) in [7, 11) is 0. The molecule has 21 heavy (non-hydrogen) atoms. The third-order valence-electron chi connectivity index (χ3n) is 3.44. The van der Waals surface area contributed by atoms with Crippen molar-refractivity contribution >= 4 is 34.7 Å². The molecule has 0 spiro atoms. The average molecular weight is 298 g/mol. The van der Waals surface area contributed by atoms with Crippen LogP contribution in [0, 0.1) is 6.92 Å². The number of carbonyl (C=O) groups excluding carboxylic acids is 2. The van der Waals surface area contributed by atoms with Crippen LogP contribution in [-0.4, -0.2) is 16.8 Å². The molecule has 2 aromatic carbocycles. The van der Waals surface area contributed by atoms with Crippen molar-refractivity contribution in [1.82, 2.24) is 4.57 Å². The molecule has 0 saturated carbocycles. The number of fused-ring (bicyclic) bond motifs is 1. The van der Waals surface area contributed by atoms with Gasteiger partial charge in [0.25, 0.3) is 5.91 Å². The predicted octanol–water partition coefficient (Wildman–Crippen LogP) is 4.10. The zero-order valence-corrected chi connectivity index (χ0v) is 12.1. The topological polar surface area (TPSA) is 39.1 Å². The molecule has 1 aromatic heterocycles. The molecule has 0 N–H and O–H groups in total. The fourth-order valence-electron chi connectivity index (χ4n) is 2.39. The second-order valence-corrected chi connectivity index (χ2v) is 5.29. The van der Waals surface area contributed by atoms with Crippen molar-refractivity contribution in [3.8, 4) is 0 Å². The maximum atomic E-state index is 12.7. The first kappa shape index (κ1) is 13.6. The molecule has 1 heterocycles.